The van der Waals surface area contributed by atoms with E-state index in [4.69, 9.17) is 28.4 Å². The highest BCUT2D eigenvalue weighted by molar-refractivity contribution is 5.94. The highest BCUT2D eigenvalue weighted by atomic mass is 16.6. The summed E-state index contributed by atoms with van der Waals surface area (Å²) in [6.45, 7) is 16.1. The number of allylic oxidation sites excluding steroid dienone is 2. The summed E-state index contributed by atoms with van der Waals surface area (Å²) in [7, 11) is 0. The van der Waals surface area contributed by atoms with Crippen molar-refractivity contribution in [2.45, 2.75) is 111 Å². The first kappa shape index (κ1) is 38.7. The van der Waals surface area contributed by atoms with Gasteiger partial charge in [0.05, 0.1) is 5.92 Å². The van der Waals surface area contributed by atoms with E-state index in [0.29, 0.717) is 0 Å². The number of hydrogen-bond donors (Lipinski definition) is 0. The predicted octanol–water partition coefficient (Wildman–Crippen LogP) is 3.74. The average Bonchev–Trinajstić information content (AvgIpc) is 3.57. The number of carbonyl (C=O) groups is 7. The molecule has 0 aromatic heterocycles. The molecular weight excluding hydrogens is 640 g/mol. The first-order valence-electron chi connectivity index (χ1n) is 15.8. The molecule has 3 rings (SSSR count). The van der Waals surface area contributed by atoms with E-state index in [0.717, 1.165) is 34.6 Å². The normalized spacial score (nSPS) is 32.7. The molecular formula is C36H44O13. The zero-order valence-corrected chi connectivity index (χ0v) is 29.3. The summed E-state index contributed by atoms with van der Waals surface area (Å²) in [6, 6.07) is 0. The third kappa shape index (κ3) is 8.64. The van der Waals surface area contributed by atoms with Gasteiger partial charge in [-0.25, -0.2) is 4.79 Å². The van der Waals surface area contributed by atoms with Crippen LogP contribution in [-0.4, -0.2) is 77.2 Å². The van der Waals surface area contributed by atoms with E-state index in [9.17, 15) is 33.6 Å². The molecule has 8 atom stereocenters. The van der Waals surface area contributed by atoms with Crippen LogP contribution >= 0.6 is 0 Å². The van der Waals surface area contributed by atoms with Gasteiger partial charge in [-0.1, -0.05) is 45.6 Å². The molecule has 0 radical (unpaired) electrons. The van der Waals surface area contributed by atoms with Gasteiger partial charge in [-0.05, 0) is 19.1 Å². The predicted molar refractivity (Wildman–Crippen MR) is 171 cm³/mol. The van der Waals surface area contributed by atoms with Gasteiger partial charge in [0.15, 0.2) is 23.1 Å². The van der Waals surface area contributed by atoms with Gasteiger partial charge in [0.2, 0.25) is 0 Å². The topological polar surface area (TPSA) is 175 Å². The van der Waals surface area contributed by atoms with Crippen LogP contribution in [0.2, 0.25) is 0 Å². The van der Waals surface area contributed by atoms with E-state index in [2.05, 4.69) is 12.3 Å². The van der Waals surface area contributed by atoms with Crippen molar-refractivity contribution in [2.24, 2.45) is 17.3 Å². The molecule has 3 aliphatic carbocycles. The first-order valence-corrected chi connectivity index (χ1v) is 15.8. The second-order valence-corrected chi connectivity index (χ2v) is 13.4. The van der Waals surface area contributed by atoms with Gasteiger partial charge in [-0.2, -0.15) is 0 Å². The van der Waals surface area contributed by atoms with Crippen molar-refractivity contribution < 1.29 is 62.0 Å². The summed E-state index contributed by atoms with van der Waals surface area (Å²) in [6.07, 6.45) is 1.56. The standard InChI is InChI=1S/C36H44O13/c1-19-15-16-34(8,9)28(47-33(43)26-13-11-12-14-26)17-27(44-21(3)37)20(2)30(45-22(4)38)29-32(46-23(5)39)35(10,48-24(6)40)18-36(29,31(19)42)49-25(7)41/h11-13,15-16,19,27-30,32H,2,17-18H2,1,3-10H3/b16-15-/t19?,27?,28?,29-,30?,32?,35?,36?/m0/s1. The fourth-order valence-electron chi connectivity index (χ4n) is 6.77. The molecule has 3 aliphatic rings. The maximum Gasteiger partial charge on any atom is 0.346 e. The molecule has 0 bridgehead atoms. The second kappa shape index (κ2) is 14.8. The Morgan fingerprint density at radius 2 is 1.43 bits per heavy atom. The van der Waals surface area contributed by atoms with Crippen molar-refractivity contribution >= 4 is 41.6 Å². The van der Waals surface area contributed by atoms with Gasteiger partial charge >= 0.3 is 35.8 Å². The van der Waals surface area contributed by atoms with E-state index in [1.165, 1.54) is 13.0 Å². The van der Waals surface area contributed by atoms with E-state index in [1.807, 2.05) is 0 Å². The van der Waals surface area contributed by atoms with Crippen molar-refractivity contribution in [1.82, 2.24) is 0 Å². The Morgan fingerprint density at radius 3 is 1.94 bits per heavy atom. The van der Waals surface area contributed by atoms with Gasteiger partial charge in [0.1, 0.15) is 23.9 Å². The molecule has 1 fully saturated rings. The summed E-state index contributed by atoms with van der Waals surface area (Å²) in [4.78, 5) is 91.2. The third-order valence-corrected chi connectivity index (χ3v) is 8.75. The molecule has 0 heterocycles. The van der Waals surface area contributed by atoms with Crippen molar-refractivity contribution in [3.05, 3.63) is 53.8 Å². The zero-order chi connectivity index (χ0) is 37.1. The lowest BCUT2D eigenvalue weighted by Gasteiger charge is -2.42. The summed E-state index contributed by atoms with van der Waals surface area (Å²) >= 11 is 0. The van der Waals surface area contributed by atoms with Crippen LogP contribution in [0.4, 0.5) is 0 Å². The van der Waals surface area contributed by atoms with Gasteiger partial charge in [-0.3, -0.25) is 28.8 Å². The second-order valence-electron chi connectivity index (χ2n) is 13.4. The lowest BCUT2D eigenvalue weighted by atomic mass is 9.72. The molecule has 0 aromatic rings. The Morgan fingerprint density at radius 1 is 0.837 bits per heavy atom. The summed E-state index contributed by atoms with van der Waals surface area (Å²) in [5.74, 6) is -8.23. The van der Waals surface area contributed by atoms with Crippen LogP contribution < -0.4 is 0 Å². The summed E-state index contributed by atoms with van der Waals surface area (Å²) in [5, 5.41) is 0. The first-order chi connectivity index (χ1) is 22.6. The number of ether oxygens (including phenoxy) is 6. The highest BCUT2D eigenvalue weighted by Gasteiger charge is 2.71. The van der Waals surface area contributed by atoms with Gasteiger partial charge in [-0.15, -0.1) is 5.73 Å². The minimum atomic E-state index is -2.24. The highest BCUT2D eigenvalue weighted by Crippen LogP contribution is 2.54. The lowest BCUT2D eigenvalue weighted by Crippen LogP contribution is -2.57. The molecule has 0 aromatic carbocycles. The molecule has 49 heavy (non-hydrogen) atoms. The van der Waals surface area contributed by atoms with Crippen molar-refractivity contribution in [3.63, 3.8) is 0 Å². The van der Waals surface area contributed by atoms with Crippen LogP contribution in [0.3, 0.4) is 0 Å². The van der Waals surface area contributed by atoms with Crippen LogP contribution in [-0.2, 0) is 62.0 Å². The Balaban J connectivity index is 2.41. The molecule has 13 heteroatoms. The number of fused-ring (bicyclic) bond motifs is 1. The number of Topliss-reactive ketones (excluding diaryl/α,β-unsaturated/α-hetero) is 1. The van der Waals surface area contributed by atoms with Crippen LogP contribution in [0.5, 0.6) is 0 Å². The van der Waals surface area contributed by atoms with Crippen molar-refractivity contribution in [3.8, 4) is 0 Å². The van der Waals surface area contributed by atoms with Crippen molar-refractivity contribution in [1.29, 1.82) is 0 Å². The van der Waals surface area contributed by atoms with Gasteiger partial charge in [0.25, 0.3) is 0 Å². The van der Waals surface area contributed by atoms with Crippen LogP contribution in [0.25, 0.3) is 0 Å². The van der Waals surface area contributed by atoms with Crippen LogP contribution in [0.15, 0.2) is 53.8 Å². The van der Waals surface area contributed by atoms with E-state index >= 15 is 0 Å². The number of carbonyl (C=O) groups excluding carboxylic acids is 7. The fraction of sp³-hybridized carbons (Fsp3) is 0.556. The quantitative estimate of drug-likeness (QED) is 0.164. The summed E-state index contributed by atoms with van der Waals surface area (Å²) < 4.78 is 34.9. The van der Waals surface area contributed by atoms with Crippen LogP contribution in [0, 0.1) is 17.3 Å². The average molecular weight is 685 g/mol. The van der Waals surface area contributed by atoms with E-state index in [-0.39, 0.29) is 17.6 Å². The molecule has 0 saturated heterocycles. The Labute approximate surface area is 285 Å². The van der Waals surface area contributed by atoms with Gasteiger partial charge in [0, 0.05) is 64.4 Å². The van der Waals surface area contributed by atoms with E-state index < -0.39 is 101 Å². The molecule has 0 spiro atoms. The Hall–Kier alpha value is -4.77. The molecule has 0 amide bonds. The van der Waals surface area contributed by atoms with E-state index in [1.54, 1.807) is 45.1 Å². The van der Waals surface area contributed by atoms with Crippen molar-refractivity contribution in [2.75, 3.05) is 0 Å². The third-order valence-electron chi connectivity index (χ3n) is 8.75. The monoisotopic (exact) mass is 684 g/mol. The molecule has 266 valence electrons. The lowest BCUT2D eigenvalue weighted by molar-refractivity contribution is -0.190. The maximum atomic E-state index is 14.8. The molecule has 7 unspecified atom stereocenters. The minimum absolute atomic E-state index is 0.113. The maximum absolute atomic E-state index is 14.8. The minimum Gasteiger partial charge on any atom is -0.458 e. The SMILES string of the molecule is C=C1C(OC(C)=O)CC(OC(=O)C2=C=CC=C2)C(C)(C)/C=C\C(C)C(=O)C2(OC(C)=O)CC(C)(OC(C)=O)C(OC(C)=O)[C@@H]2C1OC(C)=O. The fourth-order valence-corrected chi connectivity index (χ4v) is 6.77. The number of rotatable bonds is 7. The summed E-state index contributed by atoms with van der Waals surface area (Å²) in [5.41, 5.74) is -2.25. The molecule has 13 nitrogen and oxygen atoms in total. The number of ketones is 1. The molecule has 0 aliphatic heterocycles. The molecule has 1 saturated carbocycles. The zero-order valence-electron chi connectivity index (χ0n) is 29.3. The Kier molecular flexibility index (Phi) is 11.7. The smallest absolute Gasteiger partial charge is 0.346 e. The number of hydrogen-bond acceptors (Lipinski definition) is 13. The Bertz CT molecular complexity index is 1560. The molecule has 0 N–H and O–H groups in total. The number of esters is 6. The van der Waals surface area contributed by atoms with Crippen LogP contribution in [0.1, 0.15) is 75.2 Å². The largest absolute Gasteiger partial charge is 0.458 e. The van der Waals surface area contributed by atoms with Gasteiger partial charge < -0.3 is 28.4 Å².